The predicted octanol–water partition coefficient (Wildman–Crippen LogP) is 2.37. The molecule has 1 aliphatic rings. The number of nitrogens with one attached hydrogen (secondary N) is 2. The molecule has 2 N–H and O–H groups in total. The van der Waals surface area contributed by atoms with Crippen LogP contribution in [0.15, 0.2) is 23.3 Å². The lowest BCUT2D eigenvalue weighted by molar-refractivity contribution is -0.122. The molecule has 1 atom stereocenters. The zero-order valence-corrected chi connectivity index (χ0v) is 11.9. The minimum atomic E-state index is -0.00841. The molecule has 0 fully saturated rings. The van der Waals surface area contributed by atoms with Crippen LogP contribution in [0.2, 0.25) is 0 Å². The minimum absolute atomic E-state index is 0.00841. The lowest BCUT2D eigenvalue weighted by Gasteiger charge is -2.25. The summed E-state index contributed by atoms with van der Waals surface area (Å²) >= 11 is 0. The van der Waals surface area contributed by atoms with Crippen molar-refractivity contribution in [2.45, 2.75) is 27.2 Å². The molecule has 1 amide bonds. The number of hydrogen-bond acceptors (Lipinski definition) is 3. The van der Waals surface area contributed by atoms with Gasteiger partial charge in [0.25, 0.3) is 0 Å². The number of hydrogen-bond donors (Lipinski definition) is 2. The Kier molecular flexibility index (Phi) is 3.04. The van der Waals surface area contributed by atoms with Crippen LogP contribution in [0.1, 0.15) is 31.7 Å². The molecule has 5 nitrogen and oxygen atoms in total. The molecule has 3 rings (SSSR count). The van der Waals surface area contributed by atoms with Crippen LogP contribution in [0.25, 0.3) is 11.0 Å². The number of rotatable bonds is 2. The zero-order chi connectivity index (χ0) is 14.3. The van der Waals surface area contributed by atoms with Crippen LogP contribution in [0.3, 0.4) is 0 Å². The zero-order valence-electron chi connectivity index (χ0n) is 11.9. The Hall–Kier alpha value is -2.17. The van der Waals surface area contributed by atoms with E-state index in [1.807, 2.05) is 19.1 Å². The second-order valence-corrected chi connectivity index (χ2v) is 5.64. The van der Waals surface area contributed by atoms with Crippen LogP contribution in [0.4, 0.5) is 0 Å². The SMILES string of the molecule is Cc1nc2ccc(C3=NNC(=O)CC3C(C)C)cc2[nH]1. The largest absolute Gasteiger partial charge is 0.342 e. The fraction of sp³-hybridized carbons (Fsp3) is 0.400. The summed E-state index contributed by atoms with van der Waals surface area (Å²) in [7, 11) is 0. The maximum atomic E-state index is 11.5. The lowest BCUT2D eigenvalue weighted by Crippen LogP contribution is -2.35. The van der Waals surface area contributed by atoms with Crippen LogP contribution < -0.4 is 5.43 Å². The van der Waals surface area contributed by atoms with Crippen molar-refractivity contribution in [2.75, 3.05) is 0 Å². The quantitative estimate of drug-likeness (QED) is 0.879. The van der Waals surface area contributed by atoms with Crippen LogP contribution in [0.5, 0.6) is 0 Å². The van der Waals surface area contributed by atoms with Gasteiger partial charge in [-0.15, -0.1) is 0 Å². The number of fused-ring (bicyclic) bond motifs is 1. The fourth-order valence-electron chi connectivity index (χ4n) is 2.67. The average molecular weight is 270 g/mol. The Morgan fingerprint density at radius 3 is 2.90 bits per heavy atom. The summed E-state index contributed by atoms with van der Waals surface area (Å²) in [6.45, 7) is 6.18. The van der Waals surface area contributed by atoms with E-state index < -0.39 is 0 Å². The number of aromatic nitrogens is 2. The van der Waals surface area contributed by atoms with Crippen molar-refractivity contribution < 1.29 is 4.79 Å². The molecule has 1 aliphatic heterocycles. The van der Waals surface area contributed by atoms with E-state index in [-0.39, 0.29) is 11.8 Å². The Morgan fingerprint density at radius 1 is 1.35 bits per heavy atom. The van der Waals surface area contributed by atoms with Gasteiger partial charge in [-0.05, 0) is 25.0 Å². The van der Waals surface area contributed by atoms with E-state index in [4.69, 9.17) is 0 Å². The molecular formula is C15H18N4O. The van der Waals surface area contributed by atoms with Crippen LogP contribution >= 0.6 is 0 Å². The third kappa shape index (κ3) is 2.19. The van der Waals surface area contributed by atoms with Gasteiger partial charge in [-0.3, -0.25) is 4.79 Å². The maximum Gasteiger partial charge on any atom is 0.240 e. The summed E-state index contributed by atoms with van der Waals surface area (Å²) in [5, 5.41) is 4.28. The first kappa shape index (κ1) is 12.8. The van der Waals surface area contributed by atoms with Crippen molar-refractivity contribution in [3.8, 4) is 0 Å². The second-order valence-electron chi connectivity index (χ2n) is 5.64. The number of aryl methyl sites for hydroxylation is 1. The number of benzene rings is 1. The molecule has 5 heteroatoms. The standard InChI is InChI=1S/C15H18N4O/c1-8(2)11-7-14(20)18-19-15(11)10-4-5-12-13(6-10)17-9(3)16-12/h4-6,8,11H,7H2,1-3H3,(H,16,17)(H,18,20). The molecule has 2 heterocycles. The Labute approximate surface area is 117 Å². The molecule has 0 spiro atoms. The number of aromatic amines is 1. The highest BCUT2D eigenvalue weighted by Gasteiger charge is 2.28. The van der Waals surface area contributed by atoms with Gasteiger partial charge < -0.3 is 4.98 Å². The van der Waals surface area contributed by atoms with E-state index in [1.165, 1.54) is 0 Å². The lowest BCUT2D eigenvalue weighted by atomic mass is 9.83. The molecular weight excluding hydrogens is 252 g/mol. The second kappa shape index (κ2) is 4.74. The van der Waals surface area contributed by atoms with Gasteiger partial charge in [0.05, 0.1) is 16.7 Å². The highest BCUT2D eigenvalue weighted by Crippen LogP contribution is 2.25. The summed E-state index contributed by atoms with van der Waals surface area (Å²) in [4.78, 5) is 19.2. The van der Waals surface area contributed by atoms with Crippen molar-refractivity contribution in [3.63, 3.8) is 0 Å². The first-order chi connectivity index (χ1) is 9.54. The molecule has 1 aromatic carbocycles. The summed E-state index contributed by atoms with van der Waals surface area (Å²) in [6.07, 6.45) is 0.497. The number of hydrazone groups is 1. The highest BCUT2D eigenvalue weighted by atomic mass is 16.2. The van der Waals surface area contributed by atoms with E-state index in [0.29, 0.717) is 12.3 Å². The summed E-state index contributed by atoms with van der Waals surface area (Å²) < 4.78 is 0. The Bertz CT molecular complexity index is 699. The third-order valence-corrected chi connectivity index (χ3v) is 3.76. The molecule has 0 aliphatic carbocycles. The van der Waals surface area contributed by atoms with Crippen molar-refractivity contribution in [3.05, 3.63) is 29.6 Å². The number of imidazole rings is 1. The van der Waals surface area contributed by atoms with Gasteiger partial charge in [-0.1, -0.05) is 19.9 Å². The first-order valence-corrected chi connectivity index (χ1v) is 6.88. The first-order valence-electron chi connectivity index (χ1n) is 6.88. The molecule has 1 unspecified atom stereocenters. The molecule has 0 bridgehead atoms. The molecule has 0 saturated heterocycles. The van der Waals surface area contributed by atoms with E-state index in [9.17, 15) is 4.79 Å². The maximum absolute atomic E-state index is 11.5. The van der Waals surface area contributed by atoms with Gasteiger partial charge in [0, 0.05) is 17.9 Å². The molecule has 20 heavy (non-hydrogen) atoms. The van der Waals surface area contributed by atoms with Gasteiger partial charge in [0.15, 0.2) is 0 Å². The Balaban J connectivity index is 2.05. The van der Waals surface area contributed by atoms with Crippen LogP contribution in [-0.4, -0.2) is 21.6 Å². The van der Waals surface area contributed by atoms with Gasteiger partial charge in [-0.2, -0.15) is 5.10 Å². The third-order valence-electron chi connectivity index (χ3n) is 3.76. The fourth-order valence-corrected chi connectivity index (χ4v) is 2.67. The van der Waals surface area contributed by atoms with Crippen molar-refractivity contribution in [1.82, 2.24) is 15.4 Å². The Morgan fingerprint density at radius 2 is 2.15 bits per heavy atom. The van der Waals surface area contributed by atoms with E-state index in [1.54, 1.807) is 0 Å². The highest BCUT2D eigenvalue weighted by molar-refractivity contribution is 6.07. The molecule has 104 valence electrons. The summed E-state index contributed by atoms with van der Waals surface area (Å²) in [5.41, 5.74) is 6.54. The predicted molar refractivity (Wildman–Crippen MR) is 78.5 cm³/mol. The van der Waals surface area contributed by atoms with Gasteiger partial charge in [0.1, 0.15) is 5.82 Å². The average Bonchev–Trinajstić information content (AvgIpc) is 2.77. The summed E-state index contributed by atoms with van der Waals surface area (Å²) in [6, 6.07) is 6.07. The van der Waals surface area contributed by atoms with Gasteiger partial charge >= 0.3 is 0 Å². The van der Waals surface area contributed by atoms with E-state index >= 15 is 0 Å². The van der Waals surface area contributed by atoms with Crippen molar-refractivity contribution in [2.24, 2.45) is 16.9 Å². The number of carbonyl (C=O) groups is 1. The topological polar surface area (TPSA) is 70.1 Å². The van der Waals surface area contributed by atoms with E-state index in [2.05, 4.69) is 40.4 Å². The molecule has 2 aromatic rings. The number of carbonyl (C=O) groups excluding carboxylic acids is 1. The van der Waals surface area contributed by atoms with Gasteiger partial charge in [-0.25, -0.2) is 10.4 Å². The molecule has 1 aromatic heterocycles. The number of H-pyrrole nitrogens is 1. The number of nitrogens with zero attached hydrogens (tertiary/aromatic N) is 2. The normalized spacial score (nSPS) is 19.3. The minimum Gasteiger partial charge on any atom is -0.342 e. The van der Waals surface area contributed by atoms with Gasteiger partial charge in [0.2, 0.25) is 5.91 Å². The van der Waals surface area contributed by atoms with Crippen molar-refractivity contribution >= 4 is 22.7 Å². The van der Waals surface area contributed by atoms with E-state index in [0.717, 1.165) is 28.1 Å². The monoisotopic (exact) mass is 270 g/mol. The smallest absolute Gasteiger partial charge is 0.240 e. The summed E-state index contributed by atoms with van der Waals surface area (Å²) in [5.74, 6) is 1.42. The van der Waals surface area contributed by atoms with Crippen LogP contribution in [0, 0.1) is 18.8 Å². The molecule has 0 radical (unpaired) electrons. The van der Waals surface area contributed by atoms with Crippen molar-refractivity contribution in [1.29, 1.82) is 0 Å². The van der Waals surface area contributed by atoms with Crippen LogP contribution in [-0.2, 0) is 4.79 Å². The number of amides is 1. The molecule has 0 saturated carbocycles.